The lowest BCUT2D eigenvalue weighted by molar-refractivity contribution is 0.0739. The van der Waals surface area contributed by atoms with Crippen LogP contribution in [0.4, 0.5) is 5.82 Å². The number of carbonyl (C=O) groups is 1. The van der Waals surface area contributed by atoms with Crippen LogP contribution < -0.4 is 5.32 Å². The van der Waals surface area contributed by atoms with Crippen LogP contribution in [0, 0.1) is 5.92 Å². The van der Waals surface area contributed by atoms with Gasteiger partial charge in [0.05, 0.1) is 12.4 Å². The zero-order valence-corrected chi connectivity index (χ0v) is 12.3. The van der Waals surface area contributed by atoms with Crippen LogP contribution in [0.1, 0.15) is 44.6 Å². The van der Waals surface area contributed by atoms with Crippen molar-refractivity contribution in [3.63, 3.8) is 0 Å². The summed E-state index contributed by atoms with van der Waals surface area (Å²) in [6, 6.07) is 0. The molecule has 5 nitrogen and oxygen atoms in total. The molecule has 0 aliphatic heterocycles. The Bertz CT molecular complexity index is 406. The van der Waals surface area contributed by atoms with Crippen LogP contribution in [-0.4, -0.2) is 40.4 Å². The number of hydrogen-bond acceptors (Lipinski definition) is 4. The van der Waals surface area contributed by atoms with Crippen LogP contribution in [0.25, 0.3) is 0 Å². The van der Waals surface area contributed by atoms with Crippen molar-refractivity contribution in [2.24, 2.45) is 5.92 Å². The highest BCUT2D eigenvalue weighted by molar-refractivity contribution is 5.92. The first-order valence-corrected chi connectivity index (χ1v) is 6.93. The van der Waals surface area contributed by atoms with Gasteiger partial charge in [-0.15, -0.1) is 0 Å². The highest BCUT2D eigenvalue weighted by atomic mass is 16.2. The highest BCUT2D eigenvalue weighted by Gasteiger charge is 2.17. The predicted molar refractivity (Wildman–Crippen MR) is 77.2 cm³/mol. The van der Waals surface area contributed by atoms with Crippen molar-refractivity contribution in [1.82, 2.24) is 14.9 Å². The zero-order chi connectivity index (χ0) is 14.3. The first-order chi connectivity index (χ1) is 9.08. The number of aromatic nitrogens is 2. The van der Waals surface area contributed by atoms with E-state index in [2.05, 4.69) is 36.1 Å². The van der Waals surface area contributed by atoms with E-state index in [4.69, 9.17) is 0 Å². The van der Waals surface area contributed by atoms with E-state index in [0.29, 0.717) is 24.0 Å². The average molecular weight is 264 g/mol. The highest BCUT2D eigenvalue weighted by Crippen LogP contribution is 2.07. The van der Waals surface area contributed by atoms with Crippen LogP contribution in [0.2, 0.25) is 0 Å². The van der Waals surface area contributed by atoms with Crippen molar-refractivity contribution in [1.29, 1.82) is 0 Å². The van der Waals surface area contributed by atoms with E-state index in [9.17, 15) is 4.79 Å². The van der Waals surface area contributed by atoms with Crippen LogP contribution in [0.3, 0.4) is 0 Å². The lowest BCUT2D eigenvalue weighted by Crippen LogP contribution is -2.34. The fourth-order valence-electron chi connectivity index (χ4n) is 1.77. The van der Waals surface area contributed by atoms with Crippen LogP contribution >= 0.6 is 0 Å². The van der Waals surface area contributed by atoms with Crippen LogP contribution in [-0.2, 0) is 0 Å². The normalized spacial score (nSPS) is 10.6. The summed E-state index contributed by atoms with van der Waals surface area (Å²) < 4.78 is 0. The number of hydrogen-bond donors (Lipinski definition) is 1. The summed E-state index contributed by atoms with van der Waals surface area (Å²) in [5.74, 6) is 1.05. The quantitative estimate of drug-likeness (QED) is 0.821. The van der Waals surface area contributed by atoms with Crippen molar-refractivity contribution in [3.05, 3.63) is 18.1 Å². The summed E-state index contributed by atoms with van der Waals surface area (Å²) in [5.41, 5.74) is 0.406. The molecule has 0 saturated carbocycles. The monoisotopic (exact) mass is 264 g/mol. The Labute approximate surface area is 115 Å². The molecule has 1 N–H and O–H groups in total. The van der Waals surface area contributed by atoms with Crippen molar-refractivity contribution in [2.75, 3.05) is 25.0 Å². The Morgan fingerprint density at radius 3 is 2.68 bits per heavy atom. The molecule has 0 bridgehead atoms. The van der Waals surface area contributed by atoms with Gasteiger partial charge in [0.2, 0.25) is 0 Å². The van der Waals surface area contributed by atoms with Crippen LogP contribution in [0.15, 0.2) is 12.4 Å². The van der Waals surface area contributed by atoms with Gasteiger partial charge >= 0.3 is 0 Å². The summed E-state index contributed by atoms with van der Waals surface area (Å²) in [5, 5.41) is 3.14. The second kappa shape index (κ2) is 7.71. The van der Waals surface area contributed by atoms with E-state index >= 15 is 0 Å². The molecule has 0 aliphatic rings. The molecule has 0 aromatic carbocycles. The molecule has 19 heavy (non-hydrogen) atoms. The first kappa shape index (κ1) is 15.4. The number of nitrogens with zero attached hydrogens (tertiary/aromatic N) is 3. The minimum Gasteiger partial charge on any atom is -0.369 e. The molecule has 0 radical (unpaired) electrons. The Hall–Kier alpha value is -1.65. The van der Waals surface area contributed by atoms with E-state index in [1.807, 2.05) is 6.92 Å². The molecule has 0 saturated heterocycles. The minimum absolute atomic E-state index is 0.0520. The molecule has 0 unspecified atom stereocenters. The van der Waals surface area contributed by atoms with Gasteiger partial charge in [-0.1, -0.05) is 20.8 Å². The maximum atomic E-state index is 12.3. The largest absolute Gasteiger partial charge is 0.369 e. The molecule has 0 aliphatic carbocycles. The molecule has 5 heteroatoms. The van der Waals surface area contributed by atoms with Gasteiger partial charge in [0.25, 0.3) is 5.91 Å². The topological polar surface area (TPSA) is 58.1 Å². The molecular weight excluding hydrogens is 240 g/mol. The van der Waals surface area contributed by atoms with E-state index in [1.54, 1.807) is 11.1 Å². The fourth-order valence-corrected chi connectivity index (χ4v) is 1.77. The van der Waals surface area contributed by atoms with Crippen molar-refractivity contribution in [3.8, 4) is 0 Å². The molecule has 1 rings (SSSR count). The van der Waals surface area contributed by atoms with Crippen molar-refractivity contribution < 1.29 is 4.79 Å². The number of rotatable bonds is 7. The molecule has 1 amide bonds. The van der Waals surface area contributed by atoms with Gasteiger partial charge in [0.1, 0.15) is 11.5 Å². The van der Waals surface area contributed by atoms with Gasteiger partial charge in [0.15, 0.2) is 0 Å². The first-order valence-electron chi connectivity index (χ1n) is 6.93. The predicted octanol–water partition coefficient (Wildman–Crippen LogP) is 2.42. The molecule has 1 aromatic rings. The lowest BCUT2D eigenvalue weighted by Gasteiger charge is -2.22. The number of amides is 1. The Kier molecular flexibility index (Phi) is 6.25. The van der Waals surface area contributed by atoms with E-state index in [-0.39, 0.29) is 5.91 Å². The van der Waals surface area contributed by atoms with Gasteiger partial charge < -0.3 is 10.2 Å². The number of nitrogens with one attached hydrogen (secondary N) is 1. The summed E-state index contributed by atoms with van der Waals surface area (Å²) in [4.78, 5) is 22.5. The second-order valence-electron chi connectivity index (χ2n) is 4.95. The van der Waals surface area contributed by atoms with Crippen LogP contribution in [0.5, 0.6) is 0 Å². The van der Waals surface area contributed by atoms with Gasteiger partial charge in [-0.3, -0.25) is 9.78 Å². The Morgan fingerprint density at radius 2 is 2.11 bits per heavy atom. The fraction of sp³-hybridized carbons (Fsp3) is 0.643. The van der Waals surface area contributed by atoms with Gasteiger partial charge in [-0.25, -0.2) is 4.98 Å². The number of carbonyl (C=O) groups excluding carboxylic acids is 1. The molecule has 106 valence electrons. The van der Waals surface area contributed by atoms with E-state index in [1.165, 1.54) is 6.20 Å². The maximum Gasteiger partial charge on any atom is 0.274 e. The third-order valence-corrected chi connectivity index (χ3v) is 2.66. The average Bonchev–Trinajstić information content (AvgIpc) is 2.41. The molecular formula is C14H24N4O. The molecule has 1 aromatic heterocycles. The summed E-state index contributed by atoms with van der Waals surface area (Å²) in [7, 11) is 0. The summed E-state index contributed by atoms with van der Waals surface area (Å²) >= 11 is 0. The van der Waals surface area contributed by atoms with E-state index < -0.39 is 0 Å². The Balaban J connectivity index is 2.79. The zero-order valence-electron chi connectivity index (χ0n) is 12.3. The molecule has 0 spiro atoms. The lowest BCUT2D eigenvalue weighted by atomic mass is 10.2. The van der Waals surface area contributed by atoms with Gasteiger partial charge in [0, 0.05) is 19.6 Å². The third-order valence-electron chi connectivity index (χ3n) is 2.66. The standard InChI is InChI=1S/C14H24N4O/c1-5-7-16-13-9-15-8-12(17-13)14(19)18(6-2)10-11(3)4/h8-9,11H,5-7,10H2,1-4H3,(H,16,17). The minimum atomic E-state index is -0.0520. The molecule has 0 atom stereocenters. The third kappa shape index (κ3) is 4.85. The summed E-state index contributed by atoms with van der Waals surface area (Å²) in [6.07, 6.45) is 4.18. The summed E-state index contributed by atoms with van der Waals surface area (Å²) in [6.45, 7) is 10.5. The van der Waals surface area contributed by atoms with Gasteiger partial charge in [-0.2, -0.15) is 0 Å². The van der Waals surface area contributed by atoms with E-state index in [0.717, 1.165) is 19.5 Å². The Morgan fingerprint density at radius 1 is 1.37 bits per heavy atom. The maximum absolute atomic E-state index is 12.3. The van der Waals surface area contributed by atoms with Gasteiger partial charge in [-0.05, 0) is 19.3 Å². The number of anilines is 1. The van der Waals surface area contributed by atoms with Crippen molar-refractivity contribution >= 4 is 11.7 Å². The second-order valence-corrected chi connectivity index (χ2v) is 4.95. The molecule has 1 heterocycles. The SMILES string of the molecule is CCCNc1cncc(C(=O)N(CC)CC(C)C)n1. The van der Waals surface area contributed by atoms with Crippen molar-refractivity contribution in [2.45, 2.75) is 34.1 Å². The molecule has 0 fully saturated rings. The smallest absolute Gasteiger partial charge is 0.274 e.